The standard InChI is InChI=1S/C16H20N4OS/c1-11-9-13(19-16(18-11)20(2)3)10-17-15(21)12-5-7-14(22-4)8-6-12/h5-9H,10H2,1-4H3,(H,17,21). The summed E-state index contributed by atoms with van der Waals surface area (Å²) in [7, 11) is 3.79. The minimum absolute atomic E-state index is 0.102. The summed E-state index contributed by atoms with van der Waals surface area (Å²) < 4.78 is 0. The number of benzene rings is 1. The quantitative estimate of drug-likeness (QED) is 0.859. The molecule has 1 aromatic heterocycles. The van der Waals surface area contributed by atoms with Gasteiger partial charge in [-0.25, -0.2) is 9.97 Å². The van der Waals surface area contributed by atoms with Gasteiger partial charge < -0.3 is 10.2 Å². The van der Waals surface area contributed by atoms with E-state index in [4.69, 9.17) is 0 Å². The fraction of sp³-hybridized carbons (Fsp3) is 0.312. The van der Waals surface area contributed by atoms with Crippen LogP contribution in [-0.4, -0.2) is 36.2 Å². The lowest BCUT2D eigenvalue weighted by Gasteiger charge is -2.12. The molecule has 1 heterocycles. The number of thioether (sulfide) groups is 1. The molecule has 0 bridgehead atoms. The number of carbonyl (C=O) groups excluding carboxylic acids is 1. The van der Waals surface area contributed by atoms with Crippen molar-refractivity contribution in [2.45, 2.75) is 18.4 Å². The van der Waals surface area contributed by atoms with E-state index in [1.807, 2.05) is 62.5 Å². The molecule has 0 aliphatic carbocycles. The Hall–Kier alpha value is -2.08. The topological polar surface area (TPSA) is 58.1 Å². The zero-order chi connectivity index (χ0) is 16.1. The molecule has 0 spiro atoms. The Morgan fingerprint density at radius 3 is 2.50 bits per heavy atom. The van der Waals surface area contributed by atoms with Crippen molar-refractivity contribution in [2.24, 2.45) is 0 Å². The smallest absolute Gasteiger partial charge is 0.251 e. The van der Waals surface area contributed by atoms with Crippen LogP contribution in [0.3, 0.4) is 0 Å². The zero-order valence-electron chi connectivity index (χ0n) is 13.3. The van der Waals surface area contributed by atoms with Crippen LogP contribution < -0.4 is 10.2 Å². The molecule has 2 aromatic rings. The highest BCUT2D eigenvalue weighted by molar-refractivity contribution is 7.98. The maximum Gasteiger partial charge on any atom is 0.251 e. The molecule has 5 nitrogen and oxygen atoms in total. The van der Waals surface area contributed by atoms with Crippen LogP contribution in [0.1, 0.15) is 21.7 Å². The summed E-state index contributed by atoms with van der Waals surface area (Å²) in [6, 6.07) is 9.43. The Kier molecular flexibility index (Phi) is 5.38. The highest BCUT2D eigenvalue weighted by Crippen LogP contribution is 2.15. The molecule has 1 amide bonds. The number of aryl methyl sites for hydroxylation is 1. The van der Waals surface area contributed by atoms with Crippen LogP contribution in [-0.2, 0) is 6.54 Å². The Bertz CT molecular complexity index is 656. The summed E-state index contributed by atoms with van der Waals surface area (Å²) in [6.07, 6.45) is 2.01. The monoisotopic (exact) mass is 316 g/mol. The lowest BCUT2D eigenvalue weighted by Crippen LogP contribution is -2.24. The van der Waals surface area contributed by atoms with Gasteiger partial charge in [-0.2, -0.15) is 0 Å². The fourth-order valence-electron chi connectivity index (χ4n) is 1.92. The predicted octanol–water partition coefficient (Wildman–Crippen LogP) is 2.50. The molecule has 6 heteroatoms. The molecule has 0 aliphatic heterocycles. The number of hydrogen-bond acceptors (Lipinski definition) is 5. The summed E-state index contributed by atoms with van der Waals surface area (Å²) in [5.74, 6) is 0.545. The first-order valence-corrected chi connectivity index (χ1v) is 8.16. The lowest BCUT2D eigenvalue weighted by molar-refractivity contribution is 0.0950. The number of anilines is 1. The fourth-order valence-corrected chi connectivity index (χ4v) is 2.33. The SMILES string of the molecule is CSc1ccc(C(=O)NCc2cc(C)nc(N(C)C)n2)cc1. The van der Waals surface area contributed by atoms with E-state index in [-0.39, 0.29) is 5.91 Å². The van der Waals surface area contributed by atoms with Crippen molar-refractivity contribution in [1.82, 2.24) is 15.3 Å². The predicted molar refractivity (Wildman–Crippen MR) is 90.5 cm³/mol. The highest BCUT2D eigenvalue weighted by Gasteiger charge is 2.08. The third kappa shape index (κ3) is 4.21. The van der Waals surface area contributed by atoms with Crippen LogP contribution in [0, 0.1) is 6.92 Å². The van der Waals surface area contributed by atoms with Gasteiger partial charge in [-0.15, -0.1) is 11.8 Å². The van der Waals surface area contributed by atoms with Gasteiger partial charge in [-0.05, 0) is 43.5 Å². The zero-order valence-corrected chi connectivity index (χ0v) is 14.1. The molecule has 0 aliphatic rings. The summed E-state index contributed by atoms with van der Waals surface area (Å²) in [5, 5.41) is 2.89. The Balaban J connectivity index is 2.04. The molecule has 2 rings (SSSR count). The molecule has 0 fully saturated rings. The van der Waals surface area contributed by atoms with E-state index >= 15 is 0 Å². The lowest BCUT2D eigenvalue weighted by atomic mass is 10.2. The van der Waals surface area contributed by atoms with E-state index in [0.29, 0.717) is 18.1 Å². The van der Waals surface area contributed by atoms with Crippen molar-refractivity contribution in [3.8, 4) is 0 Å². The van der Waals surface area contributed by atoms with E-state index in [1.165, 1.54) is 0 Å². The second-order valence-corrected chi connectivity index (χ2v) is 5.99. The summed E-state index contributed by atoms with van der Waals surface area (Å²) in [5.41, 5.74) is 2.33. The van der Waals surface area contributed by atoms with Gasteiger partial charge in [0.05, 0.1) is 12.2 Å². The Morgan fingerprint density at radius 1 is 1.23 bits per heavy atom. The van der Waals surface area contributed by atoms with Gasteiger partial charge in [0, 0.05) is 30.2 Å². The molecule has 0 atom stereocenters. The number of rotatable bonds is 5. The van der Waals surface area contributed by atoms with Gasteiger partial charge in [0.15, 0.2) is 0 Å². The number of amides is 1. The molecule has 0 saturated carbocycles. The highest BCUT2D eigenvalue weighted by atomic mass is 32.2. The average molecular weight is 316 g/mol. The molecule has 0 radical (unpaired) electrons. The van der Waals surface area contributed by atoms with Gasteiger partial charge in [-0.1, -0.05) is 0 Å². The van der Waals surface area contributed by atoms with Crippen molar-refractivity contribution in [1.29, 1.82) is 0 Å². The van der Waals surface area contributed by atoms with Gasteiger partial charge in [0.1, 0.15) is 0 Å². The molecular formula is C16H20N4OS. The third-order valence-electron chi connectivity index (χ3n) is 3.08. The largest absolute Gasteiger partial charge is 0.347 e. The molecule has 22 heavy (non-hydrogen) atoms. The van der Waals surface area contributed by atoms with Crippen LogP contribution in [0.5, 0.6) is 0 Å². The van der Waals surface area contributed by atoms with E-state index in [1.54, 1.807) is 11.8 Å². The normalized spacial score (nSPS) is 10.4. The van der Waals surface area contributed by atoms with E-state index < -0.39 is 0 Å². The molecule has 116 valence electrons. The van der Waals surface area contributed by atoms with Crippen LogP contribution in [0.4, 0.5) is 5.95 Å². The summed E-state index contributed by atoms with van der Waals surface area (Å²) in [4.78, 5) is 23.9. The van der Waals surface area contributed by atoms with Crippen LogP contribution in [0.15, 0.2) is 35.2 Å². The van der Waals surface area contributed by atoms with Gasteiger partial charge in [0.2, 0.25) is 5.95 Å². The maximum absolute atomic E-state index is 12.1. The first-order chi connectivity index (χ1) is 10.5. The van der Waals surface area contributed by atoms with Gasteiger partial charge >= 0.3 is 0 Å². The molecule has 1 aromatic carbocycles. The Labute approximate surface area is 135 Å². The van der Waals surface area contributed by atoms with E-state index in [9.17, 15) is 4.79 Å². The third-order valence-corrected chi connectivity index (χ3v) is 3.82. The van der Waals surface area contributed by atoms with Gasteiger partial charge in [0.25, 0.3) is 5.91 Å². The van der Waals surface area contributed by atoms with Crippen molar-refractivity contribution in [2.75, 3.05) is 25.3 Å². The number of carbonyl (C=O) groups is 1. The number of hydrogen-bond donors (Lipinski definition) is 1. The van der Waals surface area contributed by atoms with Crippen molar-refractivity contribution in [3.05, 3.63) is 47.3 Å². The molecule has 0 unspecified atom stereocenters. The molecular weight excluding hydrogens is 296 g/mol. The van der Waals surface area contributed by atoms with Gasteiger partial charge in [-0.3, -0.25) is 4.79 Å². The number of nitrogens with zero attached hydrogens (tertiary/aromatic N) is 3. The molecule has 0 saturated heterocycles. The number of aromatic nitrogens is 2. The maximum atomic E-state index is 12.1. The minimum Gasteiger partial charge on any atom is -0.347 e. The minimum atomic E-state index is -0.102. The average Bonchev–Trinajstić information content (AvgIpc) is 2.52. The molecule has 1 N–H and O–H groups in total. The van der Waals surface area contributed by atoms with Crippen molar-refractivity contribution in [3.63, 3.8) is 0 Å². The van der Waals surface area contributed by atoms with Crippen LogP contribution in [0.25, 0.3) is 0 Å². The van der Waals surface area contributed by atoms with Crippen LogP contribution >= 0.6 is 11.8 Å². The summed E-state index contributed by atoms with van der Waals surface area (Å²) in [6.45, 7) is 2.30. The van der Waals surface area contributed by atoms with E-state index in [0.717, 1.165) is 16.3 Å². The van der Waals surface area contributed by atoms with Crippen molar-refractivity contribution < 1.29 is 4.79 Å². The first kappa shape index (κ1) is 16.3. The summed E-state index contributed by atoms with van der Waals surface area (Å²) >= 11 is 1.65. The Morgan fingerprint density at radius 2 is 1.91 bits per heavy atom. The first-order valence-electron chi connectivity index (χ1n) is 6.93. The number of nitrogens with one attached hydrogen (secondary N) is 1. The van der Waals surface area contributed by atoms with E-state index in [2.05, 4.69) is 15.3 Å². The van der Waals surface area contributed by atoms with Crippen molar-refractivity contribution >= 4 is 23.6 Å². The second-order valence-electron chi connectivity index (χ2n) is 5.11. The van der Waals surface area contributed by atoms with Crippen LogP contribution in [0.2, 0.25) is 0 Å². The second kappa shape index (κ2) is 7.26.